The summed E-state index contributed by atoms with van der Waals surface area (Å²) in [6.45, 7) is -0.108. The van der Waals surface area contributed by atoms with Crippen LogP contribution in [0.5, 0.6) is 0 Å². The fraction of sp³-hybridized carbons (Fsp3) is 0.0909. The molecule has 0 aliphatic heterocycles. The summed E-state index contributed by atoms with van der Waals surface area (Å²) in [7, 11) is 0. The van der Waals surface area contributed by atoms with Crippen molar-refractivity contribution < 1.29 is 9.32 Å². The van der Waals surface area contributed by atoms with Crippen molar-refractivity contribution in [3.8, 4) is 0 Å². The molecule has 0 radical (unpaired) electrons. The first-order valence-electron chi connectivity index (χ1n) is 5.36. The summed E-state index contributed by atoms with van der Waals surface area (Å²) in [4.78, 5) is 28.6. The quantitative estimate of drug-likeness (QED) is 0.773. The van der Waals surface area contributed by atoms with Crippen LogP contribution in [0.25, 0.3) is 10.2 Å². The number of nitrogens with zero attached hydrogens (tertiary/aromatic N) is 3. The van der Waals surface area contributed by atoms with Crippen LogP contribution in [-0.4, -0.2) is 20.6 Å². The van der Waals surface area contributed by atoms with Crippen LogP contribution in [0.3, 0.4) is 0 Å². The number of fused-ring (bicyclic) bond motifs is 1. The molecule has 0 spiro atoms. The molecule has 0 aliphatic carbocycles. The zero-order chi connectivity index (χ0) is 13.2. The second-order valence-corrected chi connectivity index (χ2v) is 4.67. The Balaban J connectivity index is 1.83. The number of carbonyl (C=O) groups is 1. The Bertz CT molecular complexity index is 775. The molecule has 0 fully saturated rings. The summed E-state index contributed by atoms with van der Waals surface area (Å²) in [6.07, 6.45) is 4.05. The Morgan fingerprint density at radius 1 is 1.53 bits per heavy atom. The van der Waals surface area contributed by atoms with Crippen LogP contribution in [-0.2, 0) is 11.3 Å². The average Bonchev–Trinajstić information content (AvgIpc) is 3.03. The molecule has 1 amide bonds. The van der Waals surface area contributed by atoms with E-state index in [9.17, 15) is 9.59 Å². The third-order valence-corrected chi connectivity index (χ3v) is 3.30. The van der Waals surface area contributed by atoms with E-state index in [0.29, 0.717) is 15.9 Å². The Hall–Kier alpha value is -2.48. The maximum atomic E-state index is 12.0. The van der Waals surface area contributed by atoms with Crippen molar-refractivity contribution in [2.45, 2.75) is 6.54 Å². The molecule has 3 aromatic heterocycles. The van der Waals surface area contributed by atoms with Gasteiger partial charge in [-0.3, -0.25) is 14.2 Å². The van der Waals surface area contributed by atoms with Crippen LogP contribution in [0, 0.1) is 0 Å². The first-order chi connectivity index (χ1) is 9.24. The summed E-state index contributed by atoms with van der Waals surface area (Å²) in [5.74, 6) is -0.346. The van der Waals surface area contributed by atoms with Gasteiger partial charge in [0.25, 0.3) is 5.56 Å². The molecule has 19 heavy (non-hydrogen) atoms. The summed E-state index contributed by atoms with van der Waals surface area (Å²) >= 11 is 1.39. The van der Waals surface area contributed by atoms with Crippen molar-refractivity contribution in [2.24, 2.45) is 0 Å². The van der Waals surface area contributed by atoms with Crippen LogP contribution in [0.15, 0.2) is 39.6 Å². The number of aromatic nitrogens is 3. The monoisotopic (exact) mass is 276 g/mol. The van der Waals surface area contributed by atoms with Crippen LogP contribution in [0.1, 0.15) is 0 Å². The highest BCUT2D eigenvalue weighted by molar-refractivity contribution is 7.16. The Morgan fingerprint density at radius 2 is 2.42 bits per heavy atom. The number of anilines is 1. The molecule has 0 aromatic carbocycles. The van der Waals surface area contributed by atoms with Gasteiger partial charge in [0.1, 0.15) is 23.3 Å². The third-order valence-electron chi connectivity index (χ3n) is 2.48. The van der Waals surface area contributed by atoms with Gasteiger partial charge in [0, 0.05) is 0 Å². The maximum absolute atomic E-state index is 12.0. The molecule has 3 aromatic rings. The molecule has 0 bridgehead atoms. The van der Waals surface area contributed by atoms with Crippen molar-refractivity contribution in [1.82, 2.24) is 14.7 Å². The van der Waals surface area contributed by atoms with Gasteiger partial charge in [-0.1, -0.05) is 5.16 Å². The molecule has 96 valence electrons. The Kier molecular flexibility index (Phi) is 2.84. The Labute approximate surface area is 110 Å². The highest BCUT2D eigenvalue weighted by atomic mass is 32.1. The first-order valence-corrected chi connectivity index (χ1v) is 6.24. The van der Waals surface area contributed by atoms with E-state index < -0.39 is 0 Å². The van der Waals surface area contributed by atoms with E-state index >= 15 is 0 Å². The number of nitrogens with one attached hydrogen (secondary N) is 1. The average molecular weight is 276 g/mol. The van der Waals surface area contributed by atoms with E-state index in [4.69, 9.17) is 0 Å². The zero-order valence-electron chi connectivity index (χ0n) is 9.57. The second-order valence-electron chi connectivity index (χ2n) is 3.78. The number of thiophene rings is 1. The van der Waals surface area contributed by atoms with Crippen LogP contribution in [0.4, 0.5) is 5.69 Å². The maximum Gasteiger partial charge on any atom is 0.262 e. The molecular formula is C11H8N4O3S. The van der Waals surface area contributed by atoms with E-state index in [0.717, 1.165) is 0 Å². The van der Waals surface area contributed by atoms with Gasteiger partial charge in [0.2, 0.25) is 5.91 Å². The standard InChI is InChI=1S/C11H8N4O3S/c16-9(14-7-3-13-18-5-7)4-15-6-12-10-8(11(15)17)1-2-19-10/h1-3,5-6H,4H2,(H,14,16). The summed E-state index contributed by atoms with van der Waals surface area (Å²) in [5, 5.41) is 8.34. The molecule has 1 N–H and O–H groups in total. The second kappa shape index (κ2) is 4.65. The van der Waals surface area contributed by atoms with Crippen molar-refractivity contribution in [1.29, 1.82) is 0 Å². The van der Waals surface area contributed by atoms with Gasteiger partial charge in [-0.15, -0.1) is 11.3 Å². The van der Waals surface area contributed by atoms with Crippen molar-refractivity contribution in [3.05, 3.63) is 40.6 Å². The first kappa shape index (κ1) is 11.6. The molecule has 8 heteroatoms. The minimum Gasteiger partial charge on any atom is -0.363 e. The van der Waals surface area contributed by atoms with E-state index in [1.807, 2.05) is 0 Å². The third kappa shape index (κ3) is 2.25. The number of rotatable bonds is 3. The molecule has 0 saturated carbocycles. The lowest BCUT2D eigenvalue weighted by Gasteiger charge is -2.04. The molecule has 0 aliphatic rings. The number of carbonyl (C=O) groups excluding carboxylic acids is 1. The van der Waals surface area contributed by atoms with Gasteiger partial charge < -0.3 is 9.84 Å². The molecule has 0 saturated heterocycles. The van der Waals surface area contributed by atoms with Crippen LogP contribution in [0.2, 0.25) is 0 Å². The van der Waals surface area contributed by atoms with E-state index in [-0.39, 0.29) is 18.0 Å². The smallest absolute Gasteiger partial charge is 0.262 e. The van der Waals surface area contributed by atoms with Gasteiger partial charge >= 0.3 is 0 Å². The minimum absolute atomic E-state index is 0.108. The molecular weight excluding hydrogens is 268 g/mol. The van der Waals surface area contributed by atoms with E-state index in [1.54, 1.807) is 11.4 Å². The van der Waals surface area contributed by atoms with Crippen LogP contribution < -0.4 is 10.9 Å². The SMILES string of the molecule is O=C(Cn1cnc2sccc2c1=O)Nc1cnoc1. The van der Waals surface area contributed by atoms with Gasteiger partial charge in [-0.2, -0.15) is 0 Å². The fourth-order valence-corrected chi connectivity index (χ4v) is 2.35. The van der Waals surface area contributed by atoms with Gasteiger partial charge in [0.15, 0.2) is 0 Å². The highest BCUT2D eigenvalue weighted by Crippen LogP contribution is 2.13. The molecule has 3 heterocycles. The van der Waals surface area contributed by atoms with Crippen LogP contribution >= 0.6 is 11.3 Å². The lowest BCUT2D eigenvalue weighted by Crippen LogP contribution is -2.27. The molecule has 0 unspecified atom stereocenters. The van der Waals surface area contributed by atoms with Crippen molar-refractivity contribution in [3.63, 3.8) is 0 Å². The molecule has 7 nitrogen and oxygen atoms in total. The molecule has 0 atom stereocenters. The van der Waals surface area contributed by atoms with Gasteiger partial charge in [-0.25, -0.2) is 4.98 Å². The van der Waals surface area contributed by atoms with E-state index in [2.05, 4.69) is 20.0 Å². The highest BCUT2D eigenvalue weighted by Gasteiger charge is 2.09. The zero-order valence-corrected chi connectivity index (χ0v) is 10.4. The number of hydrogen-bond donors (Lipinski definition) is 1. The summed E-state index contributed by atoms with van der Waals surface area (Å²) < 4.78 is 5.85. The topological polar surface area (TPSA) is 90.0 Å². The summed E-state index contributed by atoms with van der Waals surface area (Å²) in [6, 6.07) is 1.70. The minimum atomic E-state index is -0.346. The van der Waals surface area contributed by atoms with Crippen molar-refractivity contribution in [2.75, 3.05) is 5.32 Å². The Morgan fingerprint density at radius 3 is 3.21 bits per heavy atom. The largest absolute Gasteiger partial charge is 0.363 e. The molecule has 3 rings (SSSR count). The lowest BCUT2D eigenvalue weighted by molar-refractivity contribution is -0.116. The van der Waals surface area contributed by atoms with Crippen molar-refractivity contribution >= 4 is 33.1 Å². The fourth-order valence-electron chi connectivity index (χ4n) is 1.63. The predicted molar refractivity (Wildman–Crippen MR) is 69.0 cm³/mol. The summed E-state index contributed by atoms with van der Waals surface area (Å²) in [5.41, 5.74) is 0.217. The van der Waals surface area contributed by atoms with Gasteiger partial charge in [-0.05, 0) is 11.4 Å². The number of amides is 1. The lowest BCUT2D eigenvalue weighted by atomic mass is 10.4. The predicted octanol–water partition coefficient (Wildman–Crippen LogP) is 1.08. The number of hydrogen-bond acceptors (Lipinski definition) is 6. The van der Waals surface area contributed by atoms with Gasteiger partial charge in [0.05, 0.1) is 17.9 Å². The van der Waals surface area contributed by atoms with E-state index in [1.165, 1.54) is 34.7 Å². The normalized spacial score (nSPS) is 10.7.